The van der Waals surface area contributed by atoms with Gasteiger partial charge in [-0.15, -0.1) is 0 Å². The number of fused-ring (bicyclic) bond motifs is 1. The van der Waals surface area contributed by atoms with Gasteiger partial charge in [0.2, 0.25) is 5.91 Å². The number of halogens is 3. The van der Waals surface area contributed by atoms with Crippen LogP contribution in [0.15, 0.2) is 66.7 Å². The van der Waals surface area contributed by atoms with E-state index in [-0.39, 0.29) is 18.4 Å². The second-order valence-corrected chi connectivity index (χ2v) is 7.85. The van der Waals surface area contributed by atoms with Crippen LogP contribution in [0.4, 0.5) is 15.8 Å². The van der Waals surface area contributed by atoms with Gasteiger partial charge in [0.1, 0.15) is 11.9 Å². The van der Waals surface area contributed by atoms with E-state index in [1.54, 1.807) is 54.3 Å². The fourth-order valence-corrected chi connectivity index (χ4v) is 4.03. The third kappa shape index (κ3) is 3.66. The average Bonchev–Trinajstić information content (AvgIpc) is 2.73. The van der Waals surface area contributed by atoms with Gasteiger partial charge in [0, 0.05) is 15.6 Å². The summed E-state index contributed by atoms with van der Waals surface area (Å²) < 4.78 is 13.3. The molecule has 0 aliphatic carbocycles. The van der Waals surface area contributed by atoms with Crippen LogP contribution >= 0.6 is 23.2 Å². The number of amides is 2. The van der Waals surface area contributed by atoms with Gasteiger partial charge in [-0.2, -0.15) is 0 Å². The molecule has 7 heteroatoms. The number of rotatable bonds is 3. The van der Waals surface area contributed by atoms with Gasteiger partial charge in [-0.05, 0) is 61.0 Å². The summed E-state index contributed by atoms with van der Waals surface area (Å²) in [4.78, 5) is 29.5. The maximum absolute atomic E-state index is 13.3. The predicted molar refractivity (Wildman–Crippen MR) is 117 cm³/mol. The fourth-order valence-electron chi connectivity index (χ4n) is 3.56. The number of carbonyl (C=O) groups excluding carboxylic acids is 2. The second-order valence-electron chi connectivity index (χ2n) is 7.01. The molecule has 0 saturated carbocycles. The Labute approximate surface area is 183 Å². The minimum Gasteiger partial charge on any atom is -0.304 e. The molecule has 0 bridgehead atoms. The van der Waals surface area contributed by atoms with E-state index in [0.29, 0.717) is 27.0 Å². The molecule has 30 heavy (non-hydrogen) atoms. The molecule has 0 N–H and O–H groups in total. The number of para-hydroxylation sites is 2. The van der Waals surface area contributed by atoms with E-state index in [1.807, 2.05) is 0 Å². The van der Waals surface area contributed by atoms with E-state index in [0.717, 1.165) is 5.56 Å². The van der Waals surface area contributed by atoms with Crippen LogP contribution in [0.25, 0.3) is 0 Å². The van der Waals surface area contributed by atoms with Crippen LogP contribution in [0.2, 0.25) is 10.0 Å². The molecule has 0 radical (unpaired) electrons. The lowest BCUT2D eigenvalue weighted by Gasteiger charge is -2.40. The Morgan fingerprint density at radius 1 is 1.00 bits per heavy atom. The molecule has 0 saturated heterocycles. The first kappa shape index (κ1) is 20.4. The zero-order chi connectivity index (χ0) is 21.4. The third-order valence-electron chi connectivity index (χ3n) is 5.10. The zero-order valence-corrected chi connectivity index (χ0v) is 17.5. The van der Waals surface area contributed by atoms with E-state index in [4.69, 9.17) is 23.2 Å². The summed E-state index contributed by atoms with van der Waals surface area (Å²) in [5.41, 5.74) is 2.25. The standard InChI is InChI=1S/C23H17Cl2FN2O2/c1-14-22(29)27(13-16-6-9-17(24)12-19(16)25)20-4-2-3-5-21(20)28(14)23(30)15-7-10-18(26)11-8-15/h2-12,14H,13H2,1H3. The molecule has 1 aliphatic heterocycles. The van der Waals surface area contributed by atoms with Gasteiger partial charge in [0.05, 0.1) is 17.9 Å². The van der Waals surface area contributed by atoms with Crippen molar-refractivity contribution in [3.05, 3.63) is 93.7 Å². The molecule has 4 nitrogen and oxygen atoms in total. The molecule has 1 atom stereocenters. The fraction of sp³-hybridized carbons (Fsp3) is 0.130. The van der Waals surface area contributed by atoms with E-state index in [1.165, 1.54) is 29.2 Å². The summed E-state index contributed by atoms with van der Waals surface area (Å²) in [5.74, 6) is -1.04. The van der Waals surface area contributed by atoms with Gasteiger partial charge in [0.25, 0.3) is 5.91 Å². The number of hydrogen-bond acceptors (Lipinski definition) is 2. The van der Waals surface area contributed by atoms with E-state index >= 15 is 0 Å². The topological polar surface area (TPSA) is 40.6 Å². The Morgan fingerprint density at radius 2 is 1.67 bits per heavy atom. The summed E-state index contributed by atoms with van der Waals surface area (Å²) in [6, 6.07) is 16.8. The molecule has 152 valence electrons. The van der Waals surface area contributed by atoms with E-state index in [9.17, 15) is 14.0 Å². The molecular formula is C23H17Cl2FN2O2. The lowest BCUT2D eigenvalue weighted by molar-refractivity contribution is -0.119. The highest BCUT2D eigenvalue weighted by Crippen LogP contribution is 2.38. The van der Waals surface area contributed by atoms with Crippen molar-refractivity contribution in [2.45, 2.75) is 19.5 Å². The molecule has 0 aromatic heterocycles. The number of carbonyl (C=O) groups is 2. The normalized spacial score (nSPS) is 15.9. The lowest BCUT2D eigenvalue weighted by atomic mass is 10.0. The van der Waals surface area contributed by atoms with Crippen molar-refractivity contribution < 1.29 is 14.0 Å². The van der Waals surface area contributed by atoms with Crippen molar-refractivity contribution in [1.29, 1.82) is 0 Å². The highest BCUT2D eigenvalue weighted by atomic mass is 35.5. The van der Waals surface area contributed by atoms with Gasteiger partial charge < -0.3 is 4.90 Å². The molecule has 0 spiro atoms. The molecular weight excluding hydrogens is 426 g/mol. The Bertz CT molecular complexity index is 1130. The second kappa shape index (κ2) is 8.09. The highest BCUT2D eigenvalue weighted by Gasteiger charge is 2.39. The van der Waals surface area contributed by atoms with Crippen molar-refractivity contribution in [1.82, 2.24) is 0 Å². The monoisotopic (exact) mass is 442 g/mol. The molecule has 4 rings (SSSR count). The summed E-state index contributed by atoms with van der Waals surface area (Å²) in [5, 5.41) is 0.976. The number of nitrogens with zero attached hydrogens (tertiary/aromatic N) is 2. The zero-order valence-electron chi connectivity index (χ0n) is 16.0. The van der Waals surface area contributed by atoms with Crippen molar-refractivity contribution in [3.63, 3.8) is 0 Å². The lowest BCUT2D eigenvalue weighted by Crippen LogP contribution is -2.54. The first-order valence-corrected chi connectivity index (χ1v) is 10.1. The van der Waals surface area contributed by atoms with Gasteiger partial charge in [-0.3, -0.25) is 14.5 Å². The molecule has 1 aliphatic rings. The van der Waals surface area contributed by atoms with Crippen LogP contribution in [-0.4, -0.2) is 17.9 Å². The van der Waals surface area contributed by atoms with Gasteiger partial charge >= 0.3 is 0 Å². The minimum absolute atomic E-state index is 0.241. The average molecular weight is 443 g/mol. The SMILES string of the molecule is CC1C(=O)N(Cc2ccc(Cl)cc2Cl)c2ccccc2N1C(=O)c1ccc(F)cc1. The molecule has 3 aromatic carbocycles. The van der Waals surface area contributed by atoms with Crippen molar-refractivity contribution in [2.24, 2.45) is 0 Å². The first-order valence-electron chi connectivity index (χ1n) is 9.30. The van der Waals surface area contributed by atoms with E-state index < -0.39 is 11.9 Å². The van der Waals surface area contributed by atoms with Crippen LogP contribution in [-0.2, 0) is 11.3 Å². The Hall–Kier alpha value is -2.89. The van der Waals surface area contributed by atoms with Gasteiger partial charge in [0.15, 0.2) is 0 Å². The maximum atomic E-state index is 13.3. The van der Waals surface area contributed by atoms with Crippen molar-refractivity contribution in [3.8, 4) is 0 Å². The smallest absolute Gasteiger partial charge is 0.259 e. The van der Waals surface area contributed by atoms with Gasteiger partial charge in [-0.25, -0.2) is 4.39 Å². The number of hydrogen-bond donors (Lipinski definition) is 0. The maximum Gasteiger partial charge on any atom is 0.259 e. The van der Waals surface area contributed by atoms with Crippen LogP contribution in [0.3, 0.4) is 0 Å². The van der Waals surface area contributed by atoms with Crippen molar-refractivity contribution >= 4 is 46.4 Å². The molecule has 0 fully saturated rings. The Balaban J connectivity index is 1.75. The quantitative estimate of drug-likeness (QED) is 0.520. The molecule has 3 aromatic rings. The van der Waals surface area contributed by atoms with Crippen LogP contribution in [0.1, 0.15) is 22.8 Å². The largest absolute Gasteiger partial charge is 0.304 e. The van der Waals surface area contributed by atoms with Crippen LogP contribution in [0, 0.1) is 5.82 Å². The third-order valence-corrected chi connectivity index (χ3v) is 5.68. The molecule has 1 unspecified atom stereocenters. The summed E-state index contributed by atoms with van der Waals surface area (Å²) in [7, 11) is 0. The molecule has 2 amide bonds. The highest BCUT2D eigenvalue weighted by molar-refractivity contribution is 6.35. The van der Waals surface area contributed by atoms with E-state index in [2.05, 4.69) is 0 Å². The summed E-state index contributed by atoms with van der Waals surface area (Å²) in [6.45, 7) is 1.92. The minimum atomic E-state index is -0.747. The van der Waals surface area contributed by atoms with Crippen molar-refractivity contribution in [2.75, 3.05) is 9.80 Å². The van der Waals surface area contributed by atoms with Crippen LogP contribution in [0.5, 0.6) is 0 Å². The first-order chi connectivity index (χ1) is 14.4. The predicted octanol–water partition coefficient (Wildman–Crippen LogP) is 5.71. The number of anilines is 2. The van der Waals surface area contributed by atoms with Gasteiger partial charge in [-0.1, -0.05) is 41.4 Å². The Morgan fingerprint density at radius 3 is 2.33 bits per heavy atom. The molecule has 1 heterocycles. The Kier molecular flexibility index (Phi) is 5.50. The summed E-state index contributed by atoms with van der Waals surface area (Å²) >= 11 is 12.3. The number of benzene rings is 3. The summed E-state index contributed by atoms with van der Waals surface area (Å²) in [6.07, 6.45) is 0. The van der Waals surface area contributed by atoms with Crippen LogP contribution < -0.4 is 9.80 Å².